The number of halogens is 1. The Balaban J connectivity index is 1.29. The number of benzene rings is 2. The van der Waals surface area contributed by atoms with Crippen molar-refractivity contribution in [1.29, 1.82) is 0 Å². The van der Waals surface area contributed by atoms with Gasteiger partial charge in [-0.05, 0) is 87.0 Å². The standard InChI is InChI=1S/C29H39ClN2O5/c1-21-15-24(16-22(2)28(21)30)37-20-29(34)10-5-11-31(19-29)18-23-8-9-25(26(17-23)35-3)36-14-6-13-32-12-4-7-27(32)33/h8-9,15-17,34H,4-7,10-14,18-20H2,1-3H3/t29-/m1/s1. The van der Waals surface area contributed by atoms with Gasteiger partial charge in [-0.3, -0.25) is 9.69 Å². The van der Waals surface area contributed by atoms with Crippen molar-refractivity contribution in [1.82, 2.24) is 9.80 Å². The molecule has 0 bridgehead atoms. The predicted molar refractivity (Wildman–Crippen MR) is 145 cm³/mol. The molecule has 0 aliphatic carbocycles. The molecule has 2 heterocycles. The third-order valence-corrected chi connectivity index (χ3v) is 7.78. The SMILES string of the molecule is COc1cc(CN2CCC[C@](O)(COc3cc(C)c(Cl)c(C)c3)C2)ccc1OCCCN1CCCC1=O. The largest absolute Gasteiger partial charge is 0.493 e. The molecule has 0 spiro atoms. The maximum atomic E-state index is 11.8. The average Bonchev–Trinajstić information content (AvgIpc) is 3.29. The van der Waals surface area contributed by atoms with E-state index in [1.165, 1.54) is 0 Å². The molecule has 1 amide bonds. The van der Waals surface area contributed by atoms with Gasteiger partial charge >= 0.3 is 0 Å². The Morgan fingerprint density at radius 2 is 1.84 bits per heavy atom. The van der Waals surface area contributed by atoms with Gasteiger partial charge < -0.3 is 24.2 Å². The van der Waals surface area contributed by atoms with Crippen LogP contribution < -0.4 is 14.2 Å². The van der Waals surface area contributed by atoms with Gasteiger partial charge in [0.1, 0.15) is 18.0 Å². The van der Waals surface area contributed by atoms with Crippen LogP contribution in [0.5, 0.6) is 17.2 Å². The summed E-state index contributed by atoms with van der Waals surface area (Å²) in [7, 11) is 1.64. The fourth-order valence-electron chi connectivity index (χ4n) is 5.23. The molecular weight excluding hydrogens is 492 g/mol. The first-order chi connectivity index (χ1) is 17.8. The van der Waals surface area contributed by atoms with E-state index in [1.807, 2.05) is 49.1 Å². The predicted octanol–water partition coefficient (Wildman–Crippen LogP) is 4.76. The van der Waals surface area contributed by atoms with Crippen LogP contribution in [-0.2, 0) is 11.3 Å². The first kappa shape index (κ1) is 27.6. The van der Waals surface area contributed by atoms with Gasteiger partial charge in [0.2, 0.25) is 5.91 Å². The van der Waals surface area contributed by atoms with E-state index in [9.17, 15) is 9.90 Å². The molecule has 0 unspecified atom stereocenters. The van der Waals surface area contributed by atoms with Crippen molar-refractivity contribution in [2.45, 2.75) is 58.1 Å². The molecule has 8 heteroatoms. The summed E-state index contributed by atoms with van der Waals surface area (Å²) in [5.74, 6) is 2.38. The monoisotopic (exact) mass is 530 g/mol. The van der Waals surface area contributed by atoms with Crippen molar-refractivity contribution in [2.24, 2.45) is 0 Å². The first-order valence-electron chi connectivity index (χ1n) is 13.2. The minimum absolute atomic E-state index is 0.239. The number of hydrogen-bond acceptors (Lipinski definition) is 6. The fourth-order valence-corrected chi connectivity index (χ4v) is 5.34. The molecule has 2 aliphatic heterocycles. The molecule has 0 radical (unpaired) electrons. The summed E-state index contributed by atoms with van der Waals surface area (Å²) in [5.41, 5.74) is 2.12. The summed E-state index contributed by atoms with van der Waals surface area (Å²) in [5, 5.41) is 12.0. The number of carbonyl (C=O) groups excluding carboxylic acids is 1. The van der Waals surface area contributed by atoms with Crippen molar-refractivity contribution >= 4 is 17.5 Å². The molecule has 202 valence electrons. The van der Waals surface area contributed by atoms with Crippen LogP contribution in [0.2, 0.25) is 5.02 Å². The lowest BCUT2D eigenvalue weighted by atomic mass is 9.93. The number of piperidine rings is 1. The maximum Gasteiger partial charge on any atom is 0.222 e. The Kier molecular flexibility index (Phi) is 9.22. The van der Waals surface area contributed by atoms with Crippen molar-refractivity contribution in [3.63, 3.8) is 0 Å². The van der Waals surface area contributed by atoms with E-state index in [0.717, 1.165) is 66.4 Å². The van der Waals surface area contributed by atoms with E-state index in [-0.39, 0.29) is 12.5 Å². The first-order valence-corrected chi connectivity index (χ1v) is 13.6. The van der Waals surface area contributed by atoms with Gasteiger partial charge in [0.05, 0.1) is 13.7 Å². The number of carbonyl (C=O) groups is 1. The highest BCUT2D eigenvalue weighted by Gasteiger charge is 2.34. The number of β-amino-alcohol motifs (C(OH)–C–C–N with tert-alkyl or cyclic N) is 1. The van der Waals surface area contributed by atoms with Crippen LogP contribution >= 0.6 is 11.6 Å². The highest BCUT2D eigenvalue weighted by molar-refractivity contribution is 6.32. The van der Waals surface area contributed by atoms with E-state index in [1.54, 1.807) is 7.11 Å². The molecular formula is C29H39ClN2O5. The number of aliphatic hydroxyl groups is 1. The number of ether oxygens (including phenoxy) is 3. The molecule has 4 rings (SSSR count). The number of likely N-dealkylation sites (tertiary alicyclic amines) is 2. The molecule has 1 N–H and O–H groups in total. The minimum Gasteiger partial charge on any atom is -0.493 e. The molecule has 0 saturated carbocycles. The number of hydrogen-bond donors (Lipinski definition) is 1. The normalized spacial score (nSPS) is 20.4. The van der Waals surface area contributed by atoms with Crippen molar-refractivity contribution in [3.8, 4) is 17.2 Å². The Labute approximate surface area is 225 Å². The van der Waals surface area contributed by atoms with Crippen molar-refractivity contribution in [3.05, 3.63) is 52.0 Å². The Morgan fingerprint density at radius 3 is 2.54 bits per heavy atom. The van der Waals surface area contributed by atoms with Gasteiger partial charge in [-0.1, -0.05) is 17.7 Å². The van der Waals surface area contributed by atoms with Crippen LogP contribution in [0.4, 0.5) is 0 Å². The van der Waals surface area contributed by atoms with Crippen LogP contribution in [0.25, 0.3) is 0 Å². The summed E-state index contributed by atoms with van der Waals surface area (Å²) < 4.78 is 17.6. The third-order valence-electron chi connectivity index (χ3n) is 7.19. The van der Waals surface area contributed by atoms with Gasteiger partial charge in [0, 0.05) is 37.6 Å². The van der Waals surface area contributed by atoms with E-state index < -0.39 is 5.60 Å². The lowest BCUT2D eigenvalue weighted by Crippen LogP contribution is -2.51. The highest BCUT2D eigenvalue weighted by Crippen LogP contribution is 2.31. The molecule has 2 aromatic carbocycles. The summed E-state index contributed by atoms with van der Waals surface area (Å²) in [4.78, 5) is 15.9. The van der Waals surface area contributed by atoms with Gasteiger partial charge in [-0.15, -0.1) is 0 Å². The second-order valence-corrected chi connectivity index (χ2v) is 10.7. The van der Waals surface area contributed by atoms with Gasteiger partial charge in [0.25, 0.3) is 0 Å². The zero-order valence-corrected chi connectivity index (χ0v) is 23.0. The molecule has 2 saturated heterocycles. The molecule has 2 fully saturated rings. The molecule has 2 aliphatic rings. The summed E-state index contributed by atoms with van der Waals surface area (Å²) in [6, 6.07) is 9.83. The zero-order valence-electron chi connectivity index (χ0n) is 22.2. The molecule has 2 aromatic rings. The van der Waals surface area contributed by atoms with Crippen LogP contribution in [0, 0.1) is 13.8 Å². The summed E-state index contributed by atoms with van der Waals surface area (Å²) >= 11 is 6.27. The van der Waals surface area contributed by atoms with E-state index >= 15 is 0 Å². The van der Waals surface area contributed by atoms with Crippen LogP contribution in [0.3, 0.4) is 0 Å². The summed E-state index contributed by atoms with van der Waals surface area (Å²) in [6.07, 6.45) is 4.02. The summed E-state index contributed by atoms with van der Waals surface area (Å²) in [6.45, 7) is 8.43. The highest BCUT2D eigenvalue weighted by atomic mass is 35.5. The van der Waals surface area contributed by atoms with Crippen LogP contribution in [-0.4, -0.2) is 72.9 Å². The lowest BCUT2D eigenvalue weighted by Gasteiger charge is -2.39. The van der Waals surface area contributed by atoms with E-state index in [2.05, 4.69) is 4.90 Å². The number of amides is 1. The zero-order chi connectivity index (χ0) is 26.4. The van der Waals surface area contributed by atoms with Crippen LogP contribution in [0.1, 0.15) is 48.8 Å². The second-order valence-electron chi connectivity index (χ2n) is 10.4. The topological polar surface area (TPSA) is 71.5 Å². The van der Waals surface area contributed by atoms with Gasteiger partial charge in [0.15, 0.2) is 11.5 Å². The third kappa shape index (κ3) is 7.30. The van der Waals surface area contributed by atoms with Gasteiger partial charge in [-0.25, -0.2) is 0 Å². The van der Waals surface area contributed by atoms with E-state index in [4.69, 9.17) is 25.8 Å². The average molecular weight is 531 g/mol. The number of methoxy groups -OCH3 is 1. The Morgan fingerprint density at radius 1 is 1.05 bits per heavy atom. The molecule has 0 aromatic heterocycles. The minimum atomic E-state index is -0.913. The lowest BCUT2D eigenvalue weighted by molar-refractivity contribution is -0.127. The Bertz CT molecular complexity index is 1070. The number of aryl methyl sites for hydroxylation is 2. The molecule has 1 atom stereocenters. The van der Waals surface area contributed by atoms with Crippen molar-refractivity contribution in [2.75, 3.05) is 46.5 Å². The smallest absolute Gasteiger partial charge is 0.222 e. The Hall–Kier alpha value is -2.48. The fraction of sp³-hybridized carbons (Fsp3) is 0.552. The number of nitrogens with zero attached hydrogens (tertiary/aromatic N) is 2. The number of rotatable bonds is 11. The van der Waals surface area contributed by atoms with Gasteiger partial charge in [-0.2, -0.15) is 0 Å². The second kappa shape index (κ2) is 12.4. The quantitative estimate of drug-likeness (QED) is 0.422. The van der Waals surface area contributed by atoms with Crippen molar-refractivity contribution < 1.29 is 24.1 Å². The van der Waals surface area contributed by atoms with Crippen LogP contribution in [0.15, 0.2) is 30.3 Å². The van der Waals surface area contributed by atoms with E-state index in [0.29, 0.717) is 44.0 Å². The molecule has 7 nitrogen and oxygen atoms in total. The maximum absolute atomic E-state index is 11.8. The molecule has 37 heavy (non-hydrogen) atoms.